The standard InChI is InChI=1S/C14H9Br2ClFIO/c1-20-13-6-11(18)10(16)5-9(13)14(17)8-4-7(15)2-3-12(8)19/h2-6,14H,1H3. The molecule has 0 N–H and O–H groups in total. The van der Waals surface area contributed by atoms with Gasteiger partial charge in [0, 0.05) is 19.7 Å². The molecule has 0 aliphatic rings. The van der Waals surface area contributed by atoms with Crippen LogP contribution in [0.4, 0.5) is 4.39 Å². The van der Waals surface area contributed by atoms with Gasteiger partial charge in [-0.3, -0.25) is 0 Å². The van der Waals surface area contributed by atoms with E-state index in [1.807, 2.05) is 18.2 Å². The second-order valence-corrected chi connectivity index (χ2v) is 7.41. The molecule has 1 unspecified atom stereocenters. The fourth-order valence-electron chi connectivity index (χ4n) is 1.80. The third-order valence-corrected chi connectivity index (χ3v) is 5.33. The number of benzene rings is 2. The van der Waals surface area contributed by atoms with Gasteiger partial charge in [0.25, 0.3) is 0 Å². The largest absolute Gasteiger partial charge is 0.496 e. The molecule has 0 fully saturated rings. The second-order valence-electron chi connectivity index (χ2n) is 4.04. The zero-order chi connectivity index (χ0) is 14.9. The summed E-state index contributed by atoms with van der Waals surface area (Å²) in [5.41, 5.74) is 1.66. The number of hydrogen-bond donors (Lipinski definition) is 0. The molecule has 20 heavy (non-hydrogen) atoms. The minimum absolute atomic E-state index is 0.365. The Hall–Kier alpha value is 0.150. The van der Waals surface area contributed by atoms with Crippen molar-refractivity contribution in [2.75, 3.05) is 7.11 Å². The summed E-state index contributed by atoms with van der Waals surface area (Å²) < 4.78 is 21.2. The second kappa shape index (κ2) is 6.94. The van der Waals surface area contributed by atoms with E-state index >= 15 is 0 Å². The van der Waals surface area contributed by atoms with Gasteiger partial charge < -0.3 is 4.74 Å². The van der Waals surface area contributed by atoms with Gasteiger partial charge in [0.2, 0.25) is 0 Å². The van der Waals surface area contributed by atoms with E-state index in [2.05, 4.69) is 54.5 Å². The first-order valence-corrected chi connectivity index (χ1v) is 8.66. The lowest BCUT2D eigenvalue weighted by atomic mass is 10.0. The lowest BCUT2D eigenvalue weighted by molar-refractivity contribution is 0.406. The van der Waals surface area contributed by atoms with Gasteiger partial charge >= 0.3 is 0 Å². The molecule has 6 heteroatoms. The van der Waals surface area contributed by atoms with Crippen LogP contribution in [0.15, 0.2) is 39.3 Å². The summed E-state index contributed by atoms with van der Waals surface area (Å²) in [7, 11) is 1.50. The zero-order valence-corrected chi connectivity index (χ0v) is 16.3. The summed E-state index contributed by atoms with van der Waals surface area (Å²) in [6.45, 7) is 0. The van der Waals surface area contributed by atoms with Gasteiger partial charge in [-0.25, -0.2) is 4.39 Å². The van der Waals surface area contributed by atoms with Gasteiger partial charge in [-0.2, -0.15) is 0 Å². The maximum Gasteiger partial charge on any atom is 0.141 e. The topological polar surface area (TPSA) is 9.23 Å². The van der Waals surface area contributed by atoms with Crippen molar-refractivity contribution in [3.63, 3.8) is 0 Å². The average Bonchev–Trinajstić information content (AvgIpc) is 2.43. The zero-order valence-electron chi connectivity index (χ0n) is 10.3. The smallest absolute Gasteiger partial charge is 0.141 e. The Bertz CT molecular complexity index is 651. The van der Waals surface area contributed by atoms with Crippen LogP contribution in [0.1, 0.15) is 16.5 Å². The van der Waals surface area contributed by atoms with E-state index in [-0.39, 0.29) is 5.82 Å². The Morgan fingerprint density at radius 1 is 1.20 bits per heavy atom. The van der Waals surface area contributed by atoms with Crippen LogP contribution in [0.25, 0.3) is 0 Å². The number of halogens is 5. The predicted molar refractivity (Wildman–Crippen MR) is 95.2 cm³/mol. The van der Waals surface area contributed by atoms with Gasteiger partial charge in [0.05, 0.1) is 17.0 Å². The molecular weight excluding hydrogens is 525 g/mol. The van der Waals surface area contributed by atoms with Crippen molar-refractivity contribution in [3.8, 4) is 5.75 Å². The molecular formula is C14H9Br2ClFIO. The molecule has 2 aromatic carbocycles. The van der Waals surface area contributed by atoms with E-state index in [9.17, 15) is 4.39 Å². The van der Waals surface area contributed by atoms with Crippen LogP contribution in [-0.2, 0) is 0 Å². The molecule has 106 valence electrons. The molecule has 0 spiro atoms. The first-order chi connectivity index (χ1) is 9.43. The monoisotopic (exact) mass is 532 g/mol. The number of hydrogen-bond acceptors (Lipinski definition) is 1. The molecule has 1 nitrogen and oxygen atoms in total. The third-order valence-electron chi connectivity index (χ3n) is 2.78. The van der Waals surface area contributed by atoms with Crippen LogP contribution in [0.3, 0.4) is 0 Å². The van der Waals surface area contributed by atoms with E-state index in [1.165, 1.54) is 13.2 Å². The fraction of sp³-hybridized carbons (Fsp3) is 0.143. The maximum absolute atomic E-state index is 13.6. The lowest BCUT2D eigenvalue weighted by Gasteiger charge is -2.17. The van der Waals surface area contributed by atoms with Crippen LogP contribution in [0.5, 0.6) is 5.75 Å². The molecule has 2 aromatic rings. The molecule has 0 amide bonds. The summed E-state index contributed by atoms with van der Waals surface area (Å²) in [5, 5.41) is -0.425. The number of ether oxygens (including phenoxy) is 1. The normalized spacial score (nSPS) is 12.3. The minimum Gasteiger partial charge on any atom is -0.496 e. The van der Waals surface area contributed by atoms with Gasteiger partial charge in [0.1, 0.15) is 11.6 Å². The highest BCUT2D eigenvalue weighted by Gasteiger charge is 2.20. The van der Waals surface area contributed by atoms with E-state index in [0.717, 1.165) is 19.2 Å². The molecule has 0 aliphatic carbocycles. The molecule has 0 bridgehead atoms. The van der Waals surface area contributed by atoms with Crippen molar-refractivity contribution >= 4 is 66.1 Å². The van der Waals surface area contributed by atoms with Crippen molar-refractivity contribution in [2.45, 2.75) is 5.38 Å². The SMILES string of the molecule is COc1cc(F)c(Br)cc1C(Cl)c1cc(Br)ccc1I. The molecule has 2 rings (SSSR count). The van der Waals surface area contributed by atoms with Crippen LogP contribution < -0.4 is 4.74 Å². The van der Waals surface area contributed by atoms with E-state index in [0.29, 0.717) is 10.2 Å². The van der Waals surface area contributed by atoms with E-state index in [1.54, 1.807) is 6.07 Å². The highest BCUT2D eigenvalue weighted by atomic mass is 127. The minimum atomic E-state index is -0.425. The summed E-state index contributed by atoms with van der Waals surface area (Å²) >= 11 is 15.4. The molecule has 0 saturated carbocycles. The summed E-state index contributed by atoms with van der Waals surface area (Å²) in [5.74, 6) is 0.0554. The Labute approximate surface area is 152 Å². The quantitative estimate of drug-likeness (QED) is 0.332. The number of methoxy groups -OCH3 is 1. The lowest BCUT2D eigenvalue weighted by Crippen LogP contribution is -2.01. The molecule has 0 radical (unpaired) electrons. The van der Waals surface area contributed by atoms with Crippen molar-refractivity contribution < 1.29 is 9.13 Å². The van der Waals surface area contributed by atoms with Crippen LogP contribution in [-0.4, -0.2) is 7.11 Å². The Morgan fingerprint density at radius 2 is 1.90 bits per heavy atom. The molecule has 1 atom stereocenters. The molecule has 0 saturated heterocycles. The van der Waals surface area contributed by atoms with Gasteiger partial charge in [-0.1, -0.05) is 15.9 Å². The first-order valence-electron chi connectivity index (χ1n) is 5.56. The Kier molecular flexibility index (Phi) is 5.73. The van der Waals surface area contributed by atoms with Crippen LogP contribution >= 0.6 is 66.1 Å². The summed E-state index contributed by atoms with van der Waals surface area (Å²) in [6.07, 6.45) is 0. The van der Waals surface area contributed by atoms with Crippen LogP contribution in [0.2, 0.25) is 0 Å². The van der Waals surface area contributed by atoms with Gasteiger partial charge in [-0.05, 0) is 68.3 Å². The van der Waals surface area contributed by atoms with Crippen molar-refractivity contribution in [1.82, 2.24) is 0 Å². The van der Waals surface area contributed by atoms with E-state index in [4.69, 9.17) is 16.3 Å². The highest BCUT2D eigenvalue weighted by Crippen LogP contribution is 2.40. The van der Waals surface area contributed by atoms with Crippen molar-refractivity contribution in [2.24, 2.45) is 0 Å². The first kappa shape index (κ1) is 16.5. The highest BCUT2D eigenvalue weighted by molar-refractivity contribution is 14.1. The predicted octanol–water partition coefficient (Wildman–Crippen LogP) is 6.29. The maximum atomic E-state index is 13.6. The summed E-state index contributed by atoms with van der Waals surface area (Å²) in [6, 6.07) is 8.87. The Morgan fingerprint density at radius 3 is 2.55 bits per heavy atom. The molecule has 0 aliphatic heterocycles. The van der Waals surface area contributed by atoms with Gasteiger partial charge in [0.15, 0.2) is 0 Å². The van der Waals surface area contributed by atoms with E-state index < -0.39 is 5.38 Å². The summed E-state index contributed by atoms with van der Waals surface area (Å²) in [4.78, 5) is 0. The number of rotatable bonds is 3. The molecule has 0 aromatic heterocycles. The van der Waals surface area contributed by atoms with Crippen molar-refractivity contribution in [3.05, 3.63) is 59.8 Å². The fourth-order valence-corrected chi connectivity index (χ4v) is 3.72. The Balaban J connectivity index is 2.55. The van der Waals surface area contributed by atoms with Crippen molar-refractivity contribution in [1.29, 1.82) is 0 Å². The molecule has 0 heterocycles. The average molecular weight is 534 g/mol. The van der Waals surface area contributed by atoms with Crippen LogP contribution in [0, 0.1) is 9.39 Å². The third kappa shape index (κ3) is 3.48. The van der Waals surface area contributed by atoms with Gasteiger partial charge in [-0.15, -0.1) is 11.6 Å². The number of alkyl halides is 1.